The van der Waals surface area contributed by atoms with Crippen LogP contribution in [0.3, 0.4) is 0 Å². The van der Waals surface area contributed by atoms with Crippen LogP contribution in [0.2, 0.25) is 0 Å². The third-order valence-corrected chi connectivity index (χ3v) is 6.16. The molecule has 5 rings (SSSR count). The van der Waals surface area contributed by atoms with Crippen LogP contribution >= 0.6 is 0 Å². The van der Waals surface area contributed by atoms with Gasteiger partial charge in [0, 0.05) is 27.9 Å². The SMILES string of the molecule is Cc1cc(C(C)(C)C)ccc1Nc1ccc2oc(-c3ccccc3)c(-c3ccccc3)c2c1. The van der Waals surface area contributed by atoms with Crippen molar-refractivity contribution in [3.8, 4) is 22.5 Å². The molecule has 0 atom stereocenters. The molecule has 0 aliphatic carbocycles. The molecule has 1 N–H and O–H groups in total. The molecule has 0 unspecified atom stereocenters. The van der Waals surface area contributed by atoms with Crippen molar-refractivity contribution in [2.45, 2.75) is 33.1 Å². The van der Waals surface area contributed by atoms with Crippen molar-refractivity contribution in [1.82, 2.24) is 0 Å². The second kappa shape index (κ2) is 8.29. The van der Waals surface area contributed by atoms with Crippen LogP contribution in [0.25, 0.3) is 33.4 Å². The van der Waals surface area contributed by atoms with Crippen LogP contribution in [0, 0.1) is 6.92 Å². The van der Waals surface area contributed by atoms with E-state index in [9.17, 15) is 0 Å². The number of benzene rings is 4. The van der Waals surface area contributed by atoms with E-state index >= 15 is 0 Å². The summed E-state index contributed by atoms with van der Waals surface area (Å²) in [6.45, 7) is 8.91. The lowest BCUT2D eigenvalue weighted by molar-refractivity contribution is 0.590. The van der Waals surface area contributed by atoms with Gasteiger partial charge in [-0.25, -0.2) is 0 Å². The molecular weight excluding hydrogens is 402 g/mol. The smallest absolute Gasteiger partial charge is 0.143 e. The molecule has 0 bridgehead atoms. The van der Waals surface area contributed by atoms with Gasteiger partial charge in [-0.05, 0) is 53.3 Å². The zero-order valence-corrected chi connectivity index (χ0v) is 19.6. The molecule has 0 amide bonds. The van der Waals surface area contributed by atoms with Gasteiger partial charge in [0.2, 0.25) is 0 Å². The lowest BCUT2D eigenvalue weighted by atomic mass is 9.86. The van der Waals surface area contributed by atoms with E-state index in [2.05, 4.69) is 106 Å². The van der Waals surface area contributed by atoms with E-state index in [4.69, 9.17) is 4.42 Å². The van der Waals surface area contributed by atoms with Gasteiger partial charge in [-0.15, -0.1) is 0 Å². The van der Waals surface area contributed by atoms with E-state index < -0.39 is 0 Å². The normalized spacial score (nSPS) is 11.6. The quantitative estimate of drug-likeness (QED) is 0.307. The predicted octanol–water partition coefficient (Wildman–Crippen LogP) is 9.12. The molecule has 0 saturated heterocycles. The van der Waals surface area contributed by atoms with Crippen LogP contribution in [0.1, 0.15) is 31.9 Å². The third-order valence-electron chi connectivity index (χ3n) is 6.16. The first-order chi connectivity index (χ1) is 15.9. The van der Waals surface area contributed by atoms with E-state index in [1.165, 1.54) is 11.1 Å². The molecule has 2 nitrogen and oxygen atoms in total. The lowest BCUT2D eigenvalue weighted by Crippen LogP contribution is -2.11. The highest BCUT2D eigenvalue weighted by molar-refractivity contribution is 6.03. The minimum atomic E-state index is 0.136. The average Bonchev–Trinajstić information content (AvgIpc) is 3.20. The van der Waals surface area contributed by atoms with Crippen molar-refractivity contribution < 1.29 is 4.42 Å². The van der Waals surface area contributed by atoms with Crippen molar-refractivity contribution in [3.63, 3.8) is 0 Å². The third kappa shape index (κ3) is 4.17. The molecule has 0 saturated carbocycles. The Labute approximate surface area is 195 Å². The highest BCUT2D eigenvalue weighted by atomic mass is 16.3. The van der Waals surface area contributed by atoms with E-state index in [1.54, 1.807) is 0 Å². The molecule has 1 heterocycles. The summed E-state index contributed by atoms with van der Waals surface area (Å²) < 4.78 is 6.39. The van der Waals surface area contributed by atoms with Gasteiger partial charge in [-0.3, -0.25) is 0 Å². The number of furan rings is 1. The summed E-state index contributed by atoms with van der Waals surface area (Å²) in [6.07, 6.45) is 0. The van der Waals surface area contributed by atoms with E-state index in [1.807, 2.05) is 24.3 Å². The minimum absolute atomic E-state index is 0.136. The van der Waals surface area contributed by atoms with Crippen LogP contribution in [-0.4, -0.2) is 0 Å². The fourth-order valence-corrected chi connectivity index (χ4v) is 4.29. The predicted molar refractivity (Wildman–Crippen MR) is 140 cm³/mol. The maximum atomic E-state index is 6.39. The first-order valence-electron chi connectivity index (χ1n) is 11.5. The summed E-state index contributed by atoms with van der Waals surface area (Å²) >= 11 is 0. The zero-order valence-electron chi connectivity index (χ0n) is 19.6. The van der Waals surface area contributed by atoms with Gasteiger partial charge >= 0.3 is 0 Å². The van der Waals surface area contributed by atoms with E-state index in [-0.39, 0.29) is 5.41 Å². The Morgan fingerprint density at radius 3 is 2.00 bits per heavy atom. The Balaban J connectivity index is 1.61. The summed E-state index contributed by atoms with van der Waals surface area (Å²) in [6, 6.07) is 33.9. The number of anilines is 2. The number of aryl methyl sites for hydroxylation is 1. The minimum Gasteiger partial charge on any atom is -0.455 e. The number of hydrogen-bond donors (Lipinski definition) is 1. The largest absolute Gasteiger partial charge is 0.455 e. The Kier molecular flexibility index (Phi) is 5.30. The molecule has 33 heavy (non-hydrogen) atoms. The van der Waals surface area contributed by atoms with Gasteiger partial charge in [0.05, 0.1) is 0 Å². The molecule has 2 heteroatoms. The molecule has 4 aromatic carbocycles. The van der Waals surface area contributed by atoms with Crippen LogP contribution in [-0.2, 0) is 5.41 Å². The fourth-order valence-electron chi connectivity index (χ4n) is 4.29. The van der Waals surface area contributed by atoms with Crippen molar-refractivity contribution in [3.05, 3.63) is 108 Å². The number of rotatable bonds is 4. The number of nitrogens with one attached hydrogen (secondary N) is 1. The first kappa shape index (κ1) is 21.1. The molecule has 0 aliphatic heterocycles. The lowest BCUT2D eigenvalue weighted by Gasteiger charge is -2.21. The second-order valence-electron chi connectivity index (χ2n) is 9.65. The van der Waals surface area contributed by atoms with Crippen molar-refractivity contribution in [2.24, 2.45) is 0 Å². The molecule has 164 valence electrons. The molecular formula is C31H29NO. The summed E-state index contributed by atoms with van der Waals surface area (Å²) in [7, 11) is 0. The maximum Gasteiger partial charge on any atom is 0.143 e. The first-order valence-corrected chi connectivity index (χ1v) is 11.5. The molecule has 1 aromatic heterocycles. The summed E-state index contributed by atoms with van der Waals surface area (Å²) in [5, 5.41) is 4.73. The Morgan fingerprint density at radius 2 is 1.36 bits per heavy atom. The number of hydrogen-bond acceptors (Lipinski definition) is 2. The Morgan fingerprint density at radius 1 is 0.697 bits per heavy atom. The van der Waals surface area contributed by atoms with Crippen molar-refractivity contribution in [2.75, 3.05) is 5.32 Å². The van der Waals surface area contributed by atoms with Gasteiger partial charge in [-0.2, -0.15) is 0 Å². The molecule has 0 fully saturated rings. The van der Waals surface area contributed by atoms with Crippen LogP contribution in [0.15, 0.2) is 101 Å². The van der Waals surface area contributed by atoms with Gasteiger partial charge in [0.1, 0.15) is 11.3 Å². The van der Waals surface area contributed by atoms with Gasteiger partial charge < -0.3 is 9.73 Å². The van der Waals surface area contributed by atoms with Gasteiger partial charge in [0.25, 0.3) is 0 Å². The van der Waals surface area contributed by atoms with E-state index in [0.29, 0.717) is 0 Å². The second-order valence-corrected chi connectivity index (χ2v) is 9.65. The Bertz CT molecular complexity index is 1410. The van der Waals surface area contributed by atoms with Gasteiger partial charge in [-0.1, -0.05) is 93.6 Å². The Hall–Kier alpha value is -3.78. The number of fused-ring (bicyclic) bond motifs is 1. The van der Waals surface area contributed by atoms with Crippen molar-refractivity contribution >= 4 is 22.3 Å². The monoisotopic (exact) mass is 431 g/mol. The summed E-state index contributed by atoms with van der Waals surface area (Å²) in [5.74, 6) is 0.902. The highest BCUT2D eigenvalue weighted by Gasteiger charge is 2.18. The molecule has 0 spiro atoms. The van der Waals surface area contributed by atoms with Gasteiger partial charge in [0.15, 0.2) is 0 Å². The topological polar surface area (TPSA) is 25.2 Å². The summed E-state index contributed by atoms with van der Waals surface area (Å²) in [5.41, 5.74) is 9.13. The molecule has 5 aromatic rings. The van der Waals surface area contributed by atoms with E-state index in [0.717, 1.165) is 44.8 Å². The average molecular weight is 432 g/mol. The highest BCUT2D eigenvalue weighted by Crippen LogP contribution is 2.42. The fraction of sp³-hybridized carbons (Fsp3) is 0.161. The zero-order chi connectivity index (χ0) is 23.0. The van der Waals surface area contributed by atoms with Crippen LogP contribution in [0.5, 0.6) is 0 Å². The standard InChI is InChI=1S/C31H29NO/c1-21-19-24(31(2,3)4)15-17-27(21)32-25-16-18-28-26(20-25)29(22-11-7-5-8-12-22)30(33-28)23-13-9-6-10-14-23/h5-20,32H,1-4H3. The van der Waals surface area contributed by atoms with Crippen molar-refractivity contribution in [1.29, 1.82) is 0 Å². The van der Waals surface area contributed by atoms with Crippen LogP contribution < -0.4 is 5.32 Å². The molecule has 0 aliphatic rings. The summed E-state index contributed by atoms with van der Waals surface area (Å²) in [4.78, 5) is 0. The molecule has 0 radical (unpaired) electrons. The van der Waals surface area contributed by atoms with Crippen LogP contribution in [0.4, 0.5) is 11.4 Å². The maximum absolute atomic E-state index is 6.39.